The lowest BCUT2D eigenvalue weighted by atomic mass is 10.1. The Labute approximate surface area is 186 Å². The second-order valence-corrected chi connectivity index (χ2v) is 7.04. The van der Waals surface area contributed by atoms with Crippen LogP contribution in [0.5, 0.6) is 17.2 Å². The maximum Gasteiger partial charge on any atom is 0.343 e. The molecule has 0 aliphatic heterocycles. The molecule has 0 heterocycles. The Kier molecular flexibility index (Phi) is 7.59. The number of hydrogen-bond donors (Lipinski definition) is 1. The summed E-state index contributed by atoms with van der Waals surface area (Å²) >= 11 is 0. The maximum atomic E-state index is 12.2. The summed E-state index contributed by atoms with van der Waals surface area (Å²) in [5.41, 5.74) is 5.66. The highest BCUT2D eigenvalue weighted by Gasteiger charge is 2.09. The average Bonchev–Trinajstić information content (AvgIpc) is 2.79. The zero-order valence-electron chi connectivity index (χ0n) is 18.1. The number of carbonyl (C=O) groups excluding carboxylic acids is 2. The molecule has 0 fully saturated rings. The summed E-state index contributed by atoms with van der Waals surface area (Å²) in [6, 6.07) is 19.1. The second-order valence-electron chi connectivity index (χ2n) is 7.04. The molecule has 0 atom stereocenters. The molecule has 0 bridgehead atoms. The summed E-state index contributed by atoms with van der Waals surface area (Å²) in [4.78, 5) is 24.1. The lowest BCUT2D eigenvalue weighted by Crippen LogP contribution is -2.24. The first-order valence-electron chi connectivity index (χ1n) is 9.93. The fraction of sp³-hybridized carbons (Fsp3) is 0.160. The van der Waals surface area contributed by atoms with Gasteiger partial charge in [-0.2, -0.15) is 5.10 Å². The second kappa shape index (κ2) is 10.8. The zero-order valence-corrected chi connectivity index (χ0v) is 18.1. The minimum atomic E-state index is -0.467. The van der Waals surface area contributed by atoms with Crippen molar-refractivity contribution in [2.45, 2.75) is 13.8 Å². The number of methoxy groups -OCH3 is 1. The monoisotopic (exact) mass is 432 g/mol. The number of rotatable bonds is 8. The Morgan fingerprint density at radius 1 is 0.938 bits per heavy atom. The van der Waals surface area contributed by atoms with Crippen molar-refractivity contribution in [2.24, 2.45) is 5.10 Å². The number of nitrogens with zero attached hydrogens (tertiary/aromatic N) is 1. The molecule has 7 heteroatoms. The summed E-state index contributed by atoms with van der Waals surface area (Å²) in [6.07, 6.45) is 1.49. The highest BCUT2D eigenvalue weighted by atomic mass is 16.5. The molecule has 0 aliphatic carbocycles. The van der Waals surface area contributed by atoms with Crippen LogP contribution in [0.3, 0.4) is 0 Å². The van der Waals surface area contributed by atoms with Crippen molar-refractivity contribution in [3.63, 3.8) is 0 Å². The first-order chi connectivity index (χ1) is 15.4. The number of benzene rings is 3. The standard InChI is InChI=1S/C25H24N2O5/c1-17-4-13-23(18(2)14-17)31-16-24(28)27-26-15-19-5-9-22(10-6-19)32-25(29)20-7-11-21(30-3)12-8-20/h4-15H,16H2,1-3H3,(H,27,28). The van der Waals surface area contributed by atoms with Crippen LogP contribution < -0.4 is 19.6 Å². The van der Waals surface area contributed by atoms with Crippen LogP contribution in [0.4, 0.5) is 0 Å². The van der Waals surface area contributed by atoms with Crippen molar-refractivity contribution in [1.82, 2.24) is 5.43 Å². The first kappa shape index (κ1) is 22.6. The quantitative estimate of drug-likeness (QED) is 0.251. The highest BCUT2D eigenvalue weighted by Crippen LogP contribution is 2.18. The molecule has 7 nitrogen and oxygen atoms in total. The molecule has 0 spiro atoms. The topological polar surface area (TPSA) is 86.2 Å². The van der Waals surface area contributed by atoms with E-state index in [0.717, 1.165) is 16.7 Å². The molecule has 0 saturated heterocycles. The van der Waals surface area contributed by atoms with Crippen molar-refractivity contribution < 1.29 is 23.8 Å². The number of amides is 1. The van der Waals surface area contributed by atoms with E-state index in [1.807, 2.05) is 32.0 Å². The lowest BCUT2D eigenvalue weighted by molar-refractivity contribution is -0.123. The number of aryl methyl sites for hydroxylation is 2. The van der Waals surface area contributed by atoms with Crippen LogP contribution in [0.15, 0.2) is 71.8 Å². The van der Waals surface area contributed by atoms with Gasteiger partial charge >= 0.3 is 5.97 Å². The molecule has 0 radical (unpaired) electrons. The van der Waals surface area contributed by atoms with E-state index in [-0.39, 0.29) is 12.5 Å². The van der Waals surface area contributed by atoms with Crippen LogP contribution in [-0.4, -0.2) is 31.8 Å². The number of hydrazone groups is 1. The molecular formula is C25H24N2O5. The highest BCUT2D eigenvalue weighted by molar-refractivity contribution is 5.91. The number of hydrogen-bond acceptors (Lipinski definition) is 6. The molecule has 3 aromatic rings. The van der Waals surface area contributed by atoms with Gasteiger partial charge in [-0.1, -0.05) is 17.7 Å². The van der Waals surface area contributed by atoms with Gasteiger partial charge in [-0.25, -0.2) is 10.2 Å². The van der Waals surface area contributed by atoms with E-state index in [4.69, 9.17) is 14.2 Å². The summed E-state index contributed by atoms with van der Waals surface area (Å²) in [7, 11) is 1.56. The minimum Gasteiger partial charge on any atom is -0.497 e. The molecule has 1 amide bonds. The SMILES string of the molecule is COc1ccc(C(=O)Oc2ccc(C=NNC(=O)COc3ccc(C)cc3C)cc2)cc1. The molecule has 1 N–H and O–H groups in total. The summed E-state index contributed by atoms with van der Waals surface area (Å²) < 4.78 is 15.9. The van der Waals surface area contributed by atoms with Gasteiger partial charge < -0.3 is 14.2 Å². The van der Waals surface area contributed by atoms with E-state index < -0.39 is 5.97 Å². The van der Waals surface area contributed by atoms with Crippen LogP contribution in [0.2, 0.25) is 0 Å². The fourth-order valence-corrected chi connectivity index (χ4v) is 2.83. The van der Waals surface area contributed by atoms with Crippen molar-refractivity contribution in [3.8, 4) is 17.2 Å². The van der Waals surface area contributed by atoms with Crippen LogP contribution >= 0.6 is 0 Å². The number of nitrogens with one attached hydrogen (secondary N) is 1. The summed E-state index contributed by atoms with van der Waals surface area (Å²) in [5, 5.41) is 3.92. The van der Waals surface area contributed by atoms with E-state index in [2.05, 4.69) is 10.5 Å². The van der Waals surface area contributed by atoms with Crippen molar-refractivity contribution >= 4 is 18.1 Å². The predicted octanol–water partition coefficient (Wildman–Crippen LogP) is 4.06. The van der Waals surface area contributed by atoms with Crippen LogP contribution in [0.1, 0.15) is 27.0 Å². The van der Waals surface area contributed by atoms with Gasteiger partial charge in [-0.05, 0) is 79.6 Å². The van der Waals surface area contributed by atoms with E-state index in [9.17, 15) is 9.59 Å². The van der Waals surface area contributed by atoms with E-state index in [1.165, 1.54) is 6.21 Å². The minimum absolute atomic E-state index is 0.137. The number of ether oxygens (including phenoxy) is 3. The molecule has 0 saturated carbocycles. The van der Waals surface area contributed by atoms with Gasteiger partial charge in [0.15, 0.2) is 6.61 Å². The van der Waals surface area contributed by atoms with Gasteiger partial charge in [0.2, 0.25) is 0 Å². The first-order valence-corrected chi connectivity index (χ1v) is 9.93. The molecule has 0 aliphatic rings. The Morgan fingerprint density at radius 2 is 1.62 bits per heavy atom. The van der Waals surface area contributed by atoms with Crippen LogP contribution in [-0.2, 0) is 4.79 Å². The van der Waals surface area contributed by atoms with Gasteiger partial charge in [0.1, 0.15) is 17.2 Å². The predicted molar refractivity (Wildman–Crippen MR) is 122 cm³/mol. The Hall–Kier alpha value is -4.13. The van der Waals surface area contributed by atoms with Gasteiger partial charge in [-0.3, -0.25) is 4.79 Å². The van der Waals surface area contributed by atoms with Gasteiger partial charge in [-0.15, -0.1) is 0 Å². The third-order valence-corrected chi connectivity index (χ3v) is 4.51. The Morgan fingerprint density at radius 3 is 2.28 bits per heavy atom. The molecule has 164 valence electrons. The van der Waals surface area contributed by atoms with Gasteiger partial charge in [0.05, 0.1) is 18.9 Å². The molecular weight excluding hydrogens is 408 g/mol. The fourth-order valence-electron chi connectivity index (χ4n) is 2.83. The summed E-state index contributed by atoms with van der Waals surface area (Å²) in [5.74, 6) is 0.883. The van der Waals surface area contributed by atoms with E-state index in [0.29, 0.717) is 22.8 Å². The molecule has 32 heavy (non-hydrogen) atoms. The molecule has 0 aromatic heterocycles. The third kappa shape index (κ3) is 6.43. The van der Waals surface area contributed by atoms with Crippen LogP contribution in [0, 0.1) is 13.8 Å². The van der Waals surface area contributed by atoms with E-state index in [1.54, 1.807) is 55.6 Å². The van der Waals surface area contributed by atoms with Gasteiger partial charge in [0, 0.05) is 0 Å². The zero-order chi connectivity index (χ0) is 22.9. The van der Waals surface area contributed by atoms with Crippen molar-refractivity contribution in [3.05, 3.63) is 89.0 Å². The lowest BCUT2D eigenvalue weighted by Gasteiger charge is -2.08. The maximum absolute atomic E-state index is 12.2. The summed E-state index contributed by atoms with van der Waals surface area (Å²) in [6.45, 7) is 3.79. The number of carbonyl (C=O) groups is 2. The molecule has 3 aromatic carbocycles. The average molecular weight is 432 g/mol. The van der Waals surface area contributed by atoms with Gasteiger partial charge in [0.25, 0.3) is 5.91 Å². The Balaban J connectivity index is 1.47. The smallest absolute Gasteiger partial charge is 0.343 e. The third-order valence-electron chi connectivity index (χ3n) is 4.51. The number of esters is 1. The molecule has 0 unspecified atom stereocenters. The van der Waals surface area contributed by atoms with Crippen molar-refractivity contribution in [1.29, 1.82) is 0 Å². The molecule has 3 rings (SSSR count). The van der Waals surface area contributed by atoms with Crippen molar-refractivity contribution in [2.75, 3.05) is 13.7 Å². The largest absolute Gasteiger partial charge is 0.497 e. The van der Waals surface area contributed by atoms with Crippen LogP contribution in [0.25, 0.3) is 0 Å². The normalized spacial score (nSPS) is 10.6. The Bertz CT molecular complexity index is 1110. The van der Waals surface area contributed by atoms with E-state index >= 15 is 0 Å².